The lowest BCUT2D eigenvalue weighted by Gasteiger charge is -2.20. The number of benzene rings is 1. The van der Waals surface area contributed by atoms with Crippen molar-refractivity contribution in [3.05, 3.63) is 70.6 Å². The SMILES string of the molecule is COc1ccccc1N(C(C)=O)c1nc(COC(=O)c2cc[n+]([O-])cc2)cs1. The number of hydrogen-bond donors (Lipinski definition) is 0. The lowest BCUT2D eigenvalue weighted by molar-refractivity contribution is -0.605. The van der Waals surface area contributed by atoms with E-state index in [1.54, 1.807) is 23.6 Å². The Bertz CT molecular complexity index is 987. The van der Waals surface area contributed by atoms with Crippen LogP contribution in [0, 0.1) is 5.21 Å². The van der Waals surface area contributed by atoms with E-state index < -0.39 is 5.97 Å². The molecule has 0 aliphatic rings. The first-order chi connectivity index (χ1) is 13.5. The van der Waals surface area contributed by atoms with Crippen molar-refractivity contribution >= 4 is 34.0 Å². The van der Waals surface area contributed by atoms with Crippen LogP contribution >= 0.6 is 11.3 Å². The Morgan fingerprint density at radius 2 is 1.93 bits per heavy atom. The molecule has 2 heterocycles. The molecule has 28 heavy (non-hydrogen) atoms. The predicted octanol–water partition coefficient (Wildman–Crippen LogP) is 2.83. The summed E-state index contributed by atoms with van der Waals surface area (Å²) in [4.78, 5) is 30.1. The highest BCUT2D eigenvalue weighted by molar-refractivity contribution is 7.14. The molecule has 0 N–H and O–H groups in total. The molecular formula is C19H17N3O5S. The number of thiazole rings is 1. The van der Waals surface area contributed by atoms with Crippen molar-refractivity contribution in [3.8, 4) is 5.75 Å². The van der Waals surface area contributed by atoms with Gasteiger partial charge in [-0.1, -0.05) is 12.1 Å². The van der Waals surface area contributed by atoms with Gasteiger partial charge in [0.25, 0.3) is 0 Å². The van der Waals surface area contributed by atoms with Gasteiger partial charge in [0.05, 0.1) is 24.1 Å². The molecule has 0 saturated carbocycles. The van der Waals surface area contributed by atoms with Gasteiger partial charge in [-0.2, -0.15) is 4.73 Å². The molecule has 0 bridgehead atoms. The first-order valence-electron chi connectivity index (χ1n) is 8.23. The number of carbonyl (C=O) groups excluding carboxylic acids is 2. The molecule has 8 nitrogen and oxygen atoms in total. The van der Waals surface area contributed by atoms with Gasteiger partial charge in [0.2, 0.25) is 5.91 Å². The van der Waals surface area contributed by atoms with Crippen molar-refractivity contribution in [1.82, 2.24) is 4.98 Å². The minimum Gasteiger partial charge on any atom is -0.619 e. The average Bonchev–Trinajstić information content (AvgIpc) is 3.15. The Kier molecular flexibility index (Phi) is 5.85. The molecule has 0 fully saturated rings. The summed E-state index contributed by atoms with van der Waals surface area (Å²) in [7, 11) is 1.53. The largest absolute Gasteiger partial charge is 0.619 e. The fourth-order valence-electron chi connectivity index (χ4n) is 2.46. The van der Waals surface area contributed by atoms with Crippen molar-refractivity contribution in [1.29, 1.82) is 0 Å². The number of esters is 1. The smallest absolute Gasteiger partial charge is 0.338 e. The van der Waals surface area contributed by atoms with Gasteiger partial charge in [-0.05, 0) is 12.1 Å². The highest BCUT2D eigenvalue weighted by Gasteiger charge is 2.21. The summed E-state index contributed by atoms with van der Waals surface area (Å²) >= 11 is 1.25. The maximum atomic E-state index is 12.2. The average molecular weight is 399 g/mol. The molecule has 1 amide bonds. The van der Waals surface area contributed by atoms with Crippen molar-refractivity contribution < 1.29 is 23.8 Å². The Balaban J connectivity index is 1.75. The summed E-state index contributed by atoms with van der Waals surface area (Å²) in [6.45, 7) is 1.38. The zero-order valence-electron chi connectivity index (χ0n) is 15.2. The standard InChI is InChI=1S/C19H17N3O5S/c1-13(23)22(16-5-3-4-6-17(16)26-2)19-20-15(12-28-19)11-27-18(24)14-7-9-21(25)10-8-14/h3-10,12H,11H2,1-2H3. The van der Waals surface area contributed by atoms with Gasteiger partial charge in [0.15, 0.2) is 17.5 Å². The van der Waals surface area contributed by atoms with Crippen LogP contribution in [0.3, 0.4) is 0 Å². The van der Waals surface area contributed by atoms with Crippen LogP contribution in [0.4, 0.5) is 10.8 Å². The lowest BCUT2D eigenvalue weighted by Crippen LogP contribution is -2.24. The van der Waals surface area contributed by atoms with E-state index in [9.17, 15) is 14.8 Å². The van der Waals surface area contributed by atoms with Crippen LogP contribution in [0.5, 0.6) is 5.75 Å². The fourth-order valence-corrected chi connectivity index (χ4v) is 3.32. The minimum atomic E-state index is -0.566. The molecule has 9 heteroatoms. The molecule has 1 aromatic carbocycles. The van der Waals surface area contributed by atoms with Gasteiger partial charge in [0.1, 0.15) is 12.4 Å². The Morgan fingerprint density at radius 3 is 2.61 bits per heavy atom. The van der Waals surface area contributed by atoms with Crippen molar-refractivity contribution in [3.63, 3.8) is 0 Å². The van der Waals surface area contributed by atoms with Gasteiger partial charge < -0.3 is 14.7 Å². The van der Waals surface area contributed by atoms with Gasteiger partial charge >= 0.3 is 5.97 Å². The van der Waals surface area contributed by atoms with E-state index in [0.29, 0.717) is 27.0 Å². The molecule has 2 aromatic heterocycles. The number of amides is 1. The van der Waals surface area contributed by atoms with E-state index in [0.717, 1.165) is 0 Å². The number of carbonyl (C=O) groups is 2. The summed E-state index contributed by atoms with van der Waals surface area (Å²) in [6, 6.07) is 9.88. The maximum Gasteiger partial charge on any atom is 0.338 e. The van der Waals surface area contributed by atoms with Gasteiger partial charge in [-0.25, -0.2) is 9.78 Å². The molecule has 144 valence electrons. The lowest BCUT2D eigenvalue weighted by atomic mass is 10.2. The summed E-state index contributed by atoms with van der Waals surface area (Å²) in [5.74, 6) is -0.249. The second-order valence-corrected chi connectivity index (χ2v) is 6.51. The third-order valence-corrected chi connectivity index (χ3v) is 4.64. The van der Waals surface area contributed by atoms with Crippen molar-refractivity contribution in [2.75, 3.05) is 12.0 Å². The molecule has 3 aromatic rings. The molecule has 0 unspecified atom stereocenters. The van der Waals surface area contributed by atoms with Gasteiger partial charge in [-0.15, -0.1) is 11.3 Å². The first kappa shape index (κ1) is 19.3. The van der Waals surface area contributed by atoms with Gasteiger partial charge in [-0.3, -0.25) is 9.69 Å². The number of methoxy groups -OCH3 is 1. The monoisotopic (exact) mass is 399 g/mol. The summed E-state index contributed by atoms with van der Waals surface area (Å²) in [5.41, 5.74) is 1.34. The highest BCUT2D eigenvalue weighted by Crippen LogP contribution is 2.35. The number of nitrogens with zero attached hydrogens (tertiary/aromatic N) is 3. The van der Waals surface area contributed by atoms with Crippen LogP contribution in [-0.2, 0) is 16.1 Å². The van der Waals surface area contributed by atoms with E-state index in [1.165, 1.54) is 54.8 Å². The number of pyridine rings is 1. The van der Waals surface area contributed by atoms with E-state index in [2.05, 4.69) is 4.98 Å². The normalized spacial score (nSPS) is 10.4. The quantitative estimate of drug-likeness (QED) is 0.359. The number of ether oxygens (including phenoxy) is 2. The summed E-state index contributed by atoms with van der Waals surface area (Å²) < 4.78 is 11.1. The number of rotatable bonds is 6. The first-order valence-corrected chi connectivity index (χ1v) is 9.11. The van der Waals surface area contributed by atoms with Crippen LogP contribution in [0.25, 0.3) is 0 Å². The van der Waals surface area contributed by atoms with Gasteiger partial charge in [0, 0.05) is 24.4 Å². The maximum absolute atomic E-state index is 12.2. The van der Waals surface area contributed by atoms with Crippen LogP contribution < -0.4 is 14.4 Å². The molecule has 0 radical (unpaired) electrons. The second-order valence-electron chi connectivity index (χ2n) is 5.67. The van der Waals surface area contributed by atoms with E-state index in [4.69, 9.17) is 9.47 Å². The Labute approximate surface area is 165 Å². The topological polar surface area (TPSA) is 95.7 Å². The zero-order valence-corrected chi connectivity index (χ0v) is 16.0. The summed E-state index contributed by atoms with van der Waals surface area (Å²) in [5, 5.41) is 13.2. The Morgan fingerprint density at radius 1 is 1.21 bits per heavy atom. The molecule has 3 rings (SSSR count). The van der Waals surface area contributed by atoms with E-state index in [-0.39, 0.29) is 18.1 Å². The van der Waals surface area contributed by atoms with Crippen LogP contribution in [0.2, 0.25) is 0 Å². The molecule has 0 aliphatic carbocycles. The van der Waals surface area contributed by atoms with Crippen LogP contribution in [0.1, 0.15) is 23.0 Å². The highest BCUT2D eigenvalue weighted by atomic mass is 32.1. The number of anilines is 2. The zero-order chi connectivity index (χ0) is 20.1. The molecule has 0 saturated heterocycles. The molecule has 0 aliphatic heterocycles. The third-order valence-electron chi connectivity index (χ3n) is 3.76. The number of para-hydroxylation sites is 2. The second kappa shape index (κ2) is 8.49. The molecular weight excluding hydrogens is 382 g/mol. The van der Waals surface area contributed by atoms with Crippen molar-refractivity contribution in [2.45, 2.75) is 13.5 Å². The Hall–Kier alpha value is -3.46. The third kappa shape index (κ3) is 4.26. The molecule has 0 atom stereocenters. The summed E-state index contributed by atoms with van der Waals surface area (Å²) in [6.07, 6.45) is 2.44. The number of hydrogen-bond acceptors (Lipinski definition) is 7. The number of aromatic nitrogens is 2. The van der Waals surface area contributed by atoms with E-state index >= 15 is 0 Å². The van der Waals surface area contributed by atoms with Crippen molar-refractivity contribution in [2.24, 2.45) is 0 Å². The van der Waals surface area contributed by atoms with E-state index in [1.807, 2.05) is 6.07 Å². The minimum absolute atomic E-state index is 0.0563. The fraction of sp³-hybridized carbons (Fsp3) is 0.158. The molecule has 0 spiro atoms. The predicted molar refractivity (Wildman–Crippen MR) is 102 cm³/mol. The van der Waals surface area contributed by atoms with Crippen LogP contribution in [-0.4, -0.2) is 24.0 Å². The van der Waals surface area contributed by atoms with Crippen LogP contribution in [0.15, 0.2) is 54.2 Å².